The summed E-state index contributed by atoms with van der Waals surface area (Å²) in [6.07, 6.45) is -26.3. The molecule has 0 N–H and O–H groups in total. The molecule has 0 unspecified atom stereocenters. The summed E-state index contributed by atoms with van der Waals surface area (Å²) >= 11 is 0. The average Bonchev–Trinajstić information content (AvgIpc) is 2.49. The van der Waals surface area contributed by atoms with Crippen LogP contribution in [0.5, 0.6) is 0 Å². The van der Waals surface area contributed by atoms with Crippen molar-refractivity contribution in [1.82, 2.24) is 0 Å². The van der Waals surface area contributed by atoms with Crippen LogP contribution in [0.2, 0.25) is 0 Å². The Bertz CT molecular complexity index is 795. The lowest BCUT2D eigenvalue weighted by molar-refractivity contribution is -0.323. The minimum atomic E-state index is -6.89. The fourth-order valence-electron chi connectivity index (χ4n) is 1.92. The summed E-state index contributed by atoms with van der Waals surface area (Å²) in [4.78, 5) is 11.2. The molecule has 1 aromatic rings. The number of rotatable bonds is 3. The minimum Gasteiger partial charge on any atom is -0.872 e. The lowest BCUT2D eigenvalue weighted by Gasteiger charge is -2.28. The molecular formula is C14H4F13O2-. The van der Waals surface area contributed by atoms with Gasteiger partial charge < -0.3 is 5.11 Å². The molecule has 0 spiro atoms. The van der Waals surface area contributed by atoms with Crippen molar-refractivity contribution < 1.29 is 67.0 Å². The minimum absolute atomic E-state index is 0.0364. The molecule has 15 heteroatoms. The van der Waals surface area contributed by atoms with E-state index in [0.29, 0.717) is 0 Å². The van der Waals surface area contributed by atoms with Gasteiger partial charge in [0.25, 0.3) is 0 Å². The topological polar surface area (TPSA) is 40.1 Å². The zero-order valence-electron chi connectivity index (χ0n) is 13.0. The largest absolute Gasteiger partial charge is 0.872 e. The molecule has 0 aliphatic rings. The second-order valence-corrected chi connectivity index (χ2v) is 5.28. The maximum Gasteiger partial charge on any atom is 0.439 e. The highest BCUT2D eigenvalue weighted by Crippen LogP contribution is 2.47. The van der Waals surface area contributed by atoms with E-state index in [4.69, 9.17) is 0 Å². The number of alkyl halides is 13. The van der Waals surface area contributed by atoms with Crippen molar-refractivity contribution in [2.45, 2.75) is 30.4 Å². The van der Waals surface area contributed by atoms with Crippen molar-refractivity contribution in [2.24, 2.45) is 0 Å². The van der Waals surface area contributed by atoms with E-state index < -0.39 is 70.7 Å². The molecular weight excluding hydrogens is 447 g/mol. The van der Waals surface area contributed by atoms with Gasteiger partial charge in [-0.15, -0.1) is 0 Å². The van der Waals surface area contributed by atoms with Gasteiger partial charge in [-0.25, -0.2) is 4.39 Å². The molecule has 0 fully saturated rings. The summed E-state index contributed by atoms with van der Waals surface area (Å²) in [7, 11) is 0. The van der Waals surface area contributed by atoms with E-state index in [9.17, 15) is 67.0 Å². The van der Waals surface area contributed by atoms with Gasteiger partial charge in [0.1, 0.15) is 0 Å². The fourth-order valence-corrected chi connectivity index (χ4v) is 1.92. The lowest BCUT2D eigenvalue weighted by atomic mass is 9.96. The molecule has 1 rings (SSSR count). The number of carbonyl (C=O) groups is 1. The van der Waals surface area contributed by atoms with Crippen LogP contribution in [0.4, 0.5) is 57.1 Å². The molecule has 1 aromatic carbocycles. The smallest absolute Gasteiger partial charge is 0.439 e. The van der Waals surface area contributed by atoms with Crippen LogP contribution in [0.1, 0.15) is 16.7 Å². The lowest BCUT2D eigenvalue weighted by Crippen LogP contribution is -2.58. The van der Waals surface area contributed by atoms with Crippen LogP contribution < -0.4 is 5.11 Å². The summed E-state index contributed by atoms with van der Waals surface area (Å²) in [5.74, 6) is -5.83. The van der Waals surface area contributed by atoms with Gasteiger partial charge >= 0.3 is 30.4 Å². The van der Waals surface area contributed by atoms with Crippen molar-refractivity contribution in [2.75, 3.05) is 0 Å². The molecule has 0 amide bonds. The summed E-state index contributed by atoms with van der Waals surface area (Å²) in [5, 5.41) is 11.6. The SMILES string of the molecule is O=C(/C=C(\[O-])c1ccc(C(F)(F)F)c(C(F)(F)F)c1)C(F)(C(F)(F)F)C(F)(F)F. The van der Waals surface area contributed by atoms with Crippen molar-refractivity contribution >= 4 is 11.5 Å². The summed E-state index contributed by atoms with van der Waals surface area (Å²) < 4.78 is 164. The van der Waals surface area contributed by atoms with E-state index in [0.717, 1.165) is 0 Å². The molecule has 0 saturated carbocycles. The zero-order chi connectivity index (χ0) is 23.2. The molecule has 0 radical (unpaired) electrons. The van der Waals surface area contributed by atoms with E-state index in [-0.39, 0.29) is 12.1 Å². The van der Waals surface area contributed by atoms with Crippen LogP contribution in [-0.2, 0) is 17.1 Å². The third-order valence-corrected chi connectivity index (χ3v) is 3.30. The first-order valence-electron chi connectivity index (χ1n) is 6.68. The fraction of sp³-hybridized carbons (Fsp3) is 0.357. The number of hydrogen-bond acceptors (Lipinski definition) is 2. The van der Waals surface area contributed by atoms with Gasteiger partial charge in [-0.1, -0.05) is 11.8 Å². The van der Waals surface area contributed by atoms with Gasteiger partial charge in [0.05, 0.1) is 11.1 Å². The summed E-state index contributed by atoms with van der Waals surface area (Å²) in [5.41, 5.74) is -12.9. The van der Waals surface area contributed by atoms with Gasteiger partial charge in [-0.3, -0.25) is 4.79 Å². The molecule has 0 atom stereocenters. The van der Waals surface area contributed by atoms with E-state index in [1.165, 1.54) is 0 Å². The number of ketones is 1. The molecule has 0 aliphatic heterocycles. The highest BCUT2D eigenvalue weighted by Gasteiger charge is 2.76. The second kappa shape index (κ2) is 7.09. The Labute approximate surface area is 151 Å². The van der Waals surface area contributed by atoms with E-state index in [2.05, 4.69) is 0 Å². The molecule has 0 bridgehead atoms. The number of halogens is 13. The molecule has 0 heterocycles. The Morgan fingerprint density at radius 2 is 1.14 bits per heavy atom. The predicted octanol–water partition coefficient (Wildman–Crippen LogP) is 4.83. The average molecular weight is 451 g/mol. The summed E-state index contributed by atoms with van der Waals surface area (Å²) in [6.45, 7) is 0. The highest BCUT2D eigenvalue weighted by atomic mass is 19.4. The van der Waals surface area contributed by atoms with Crippen LogP contribution in [-0.4, -0.2) is 23.8 Å². The third-order valence-electron chi connectivity index (χ3n) is 3.30. The van der Waals surface area contributed by atoms with E-state index >= 15 is 0 Å². The number of carbonyl (C=O) groups excluding carboxylic acids is 1. The normalized spacial score (nSPS) is 14.9. The monoisotopic (exact) mass is 451 g/mol. The van der Waals surface area contributed by atoms with Gasteiger partial charge in [-0.05, 0) is 23.8 Å². The third kappa shape index (κ3) is 4.75. The van der Waals surface area contributed by atoms with E-state index in [1.807, 2.05) is 0 Å². The van der Waals surface area contributed by atoms with Gasteiger partial charge in [0, 0.05) is 0 Å². The van der Waals surface area contributed by atoms with E-state index in [1.54, 1.807) is 0 Å². The Kier molecular flexibility index (Phi) is 6.00. The first kappa shape index (κ1) is 24.6. The Morgan fingerprint density at radius 3 is 1.48 bits per heavy atom. The van der Waals surface area contributed by atoms with Gasteiger partial charge in [0.15, 0.2) is 0 Å². The van der Waals surface area contributed by atoms with Crippen LogP contribution in [0, 0.1) is 0 Å². The Hall–Kier alpha value is -2.48. The second-order valence-electron chi connectivity index (χ2n) is 5.28. The van der Waals surface area contributed by atoms with Crippen molar-refractivity contribution in [1.29, 1.82) is 0 Å². The number of allylic oxidation sites excluding steroid dienone is 1. The first-order valence-corrected chi connectivity index (χ1v) is 6.68. The molecule has 0 aromatic heterocycles. The number of benzene rings is 1. The highest BCUT2D eigenvalue weighted by molar-refractivity contribution is 6.02. The van der Waals surface area contributed by atoms with Crippen LogP contribution in [0.15, 0.2) is 24.3 Å². The maximum absolute atomic E-state index is 13.5. The Balaban J connectivity index is 3.57. The zero-order valence-corrected chi connectivity index (χ0v) is 13.0. The molecule has 0 saturated heterocycles. The summed E-state index contributed by atoms with van der Waals surface area (Å²) in [6, 6.07) is -0.911. The molecule has 2 nitrogen and oxygen atoms in total. The van der Waals surface area contributed by atoms with Crippen molar-refractivity contribution in [3.63, 3.8) is 0 Å². The Morgan fingerprint density at radius 1 is 0.724 bits per heavy atom. The predicted molar refractivity (Wildman–Crippen MR) is 65.4 cm³/mol. The van der Waals surface area contributed by atoms with Gasteiger partial charge in [-0.2, -0.15) is 52.7 Å². The van der Waals surface area contributed by atoms with Crippen molar-refractivity contribution in [3.8, 4) is 0 Å². The van der Waals surface area contributed by atoms with Crippen LogP contribution >= 0.6 is 0 Å². The molecule has 0 aliphatic carbocycles. The maximum atomic E-state index is 13.5. The van der Waals surface area contributed by atoms with Crippen LogP contribution in [0.3, 0.4) is 0 Å². The quantitative estimate of drug-likeness (QED) is 0.376. The molecule has 164 valence electrons. The standard InChI is InChI=1S/C14H5F13O2/c15-10(13(22,23)24,14(25,26)27)9(29)4-8(28)5-1-2-6(11(16,17)18)7(3-5)12(19,20)21/h1-4,28H/p-1/b8-4-. The first-order chi connectivity index (χ1) is 12.6. The van der Waals surface area contributed by atoms with Crippen LogP contribution in [0.25, 0.3) is 5.76 Å². The van der Waals surface area contributed by atoms with Gasteiger partial charge in [0.2, 0.25) is 5.78 Å². The number of hydrogen-bond donors (Lipinski definition) is 0. The van der Waals surface area contributed by atoms with Crippen molar-refractivity contribution in [3.05, 3.63) is 41.0 Å². The molecule has 29 heavy (non-hydrogen) atoms.